The normalized spacial score (nSPS) is 22.3. The highest BCUT2D eigenvalue weighted by Crippen LogP contribution is 2.39. The Labute approximate surface area is 288 Å². The molecule has 3 atom stereocenters. The molecule has 49 heavy (non-hydrogen) atoms. The Bertz CT molecular complexity index is 1510. The van der Waals surface area contributed by atoms with Gasteiger partial charge < -0.3 is 39.4 Å². The Balaban J connectivity index is 1.08. The van der Waals surface area contributed by atoms with E-state index in [1.165, 1.54) is 0 Å². The number of likely N-dealkylation sites (tertiary alicyclic amines) is 1. The number of carboxylic acid groups (broad SMARTS) is 1. The van der Waals surface area contributed by atoms with Crippen LogP contribution in [0.15, 0.2) is 72.8 Å². The molecule has 0 aromatic heterocycles. The summed E-state index contributed by atoms with van der Waals surface area (Å²) in [6, 6.07) is 24.4. The lowest BCUT2D eigenvalue weighted by Gasteiger charge is -2.41. The van der Waals surface area contributed by atoms with Gasteiger partial charge in [-0.15, -0.1) is 0 Å². The number of rotatable bonds is 14. The van der Waals surface area contributed by atoms with Crippen molar-refractivity contribution in [2.75, 3.05) is 32.8 Å². The number of carboxylic acids is 1. The van der Waals surface area contributed by atoms with E-state index in [2.05, 4.69) is 46.6 Å². The van der Waals surface area contributed by atoms with Gasteiger partial charge >= 0.3 is 5.97 Å². The summed E-state index contributed by atoms with van der Waals surface area (Å²) in [5.41, 5.74) is 6.00. The molecule has 0 bridgehead atoms. The smallest absolute Gasteiger partial charge is 0.303 e. The SMILES string of the molecule is O=C(O)CCCCCC(=O)NCc1cccc(-c2ccc(C3OC(CN4CCC5(CC4)OCCO5)CC(c4ccc(CO)cc4)O3)cc2)c1. The van der Waals surface area contributed by atoms with Crippen LogP contribution in [0.4, 0.5) is 0 Å². The molecule has 0 radical (unpaired) electrons. The highest BCUT2D eigenvalue weighted by atomic mass is 16.7. The van der Waals surface area contributed by atoms with E-state index in [0.717, 1.165) is 78.7 Å². The van der Waals surface area contributed by atoms with Gasteiger partial charge in [-0.1, -0.05) is 73.2 Å². The molecule has 3 saturated heterocycles. The van der Waals surface area contributed by atoms with Gasteiger partial charge in [-0.25, -0.2) is 0 Å². The molecule has 262 valence electrons. The summed E-state index contributed by atoms with van der Waals surface area (Å²) < 4.78 is 25.1. The lowest BCUT2D eigenvalue weighted by Crippen LogP contribution is -2.48. The molecule has 1 spiro atoms. The van der Waals surface area contributed by atoms with E-state index in [4.69, 9.17) is 24.1 Å². The first-order chi connectivity index (χ1) is 23.9. The molecule has 3 aromatic rings. The summed E-state index contributed by atoms with van der Waals surface area (Å²) in [5.74, 6) is -1.24. The van der Waals surface area contributed by atoms with Crippen molar-refractivity contribution in [2.45, 2.75) is 88.8 Å². The number of aliphatic hydroxyl groups is 1. The number of aliphatic hydroxyl groups excluding tert-OH is 1. The van der Waals surface area contributed by atoms with E-state index >= 15 is 0 Å². The van der Waals surface area contributed by atoms with Crippen LogP contribution < -0.4 is 5.32 Å². The number of hydrogen-bond acceptors (Lipinski definition) is 8. The first-order valence-corrected chi connectivity index (χ1v) is 17.6. The Morgan fingerprint density at radius 3 is 2.24 bits per heavy atom. The molecule has 3 aliphatic rings. The third-order valence-corrected chi connectivity index (χ3v) is 9.74. The molecule has 3 N–H and O–H groups in total. The lowest BCUT2D eigenvalue weighted by atomic mass is 9.98. The molecule has 3 aliphatic heterocycles. The van der Waals surface area contributed by atoms with Crippen molar-refractivity contribution in [3.8, 4) is 11.1 Å². The van der Waals surface area contributed by atoms with E-state index in [0.29, 0.717) is 39.0 Å². The minimum atomic E-state index is -0.800. The van der Waals surface area contributed by atoms with Crippen LogP contribution in [0.5, 0.6) is 0 Å². The van der Waals surface area contributed by atoms with Crippen molar-refractivity contribution in [3.63, 3.8) is 0 Å². The van der Waals surface area contributed by atoms with Gasteiger partial charge in [0.25, 0.3) is 0 Å². The van der Waals surface area contributed by atoms with E-state index in [1.807, 2.05) is 36.4 Å². The quantitative estimate of drug-likeness (QED) is 0.180. The fraction of sp³-hybridized carbons (Fsp3) is 0.487. The van der Waals surface area contributed by atoms with Gasteiger partial charge in [0.1, 0.15) is 0 Å². The third kappa shape index (κ3) is 9.75. The maximum atomic E-state index is 12.3. The van der Waals surface area contributed by atoms with Gasteiger partial charge in [-0.3, -0.25) is 9.59 Å². The molecule has 3 fully saturated rings. The molecule has 10 nitrogen and oxygen atoms in total. The number of benzene rings is 3. The van der Waals surface area contributed by atoms with Crippen molar-refractivity contribution < 1.29 is 38.7 Å². The van der Waals surface area contributed by atoms with Crippen molar-refractivity contribution in [1.82, 2.24) is 10.2 Å². The van der Waals surface area contributed by atoms with Crippen LogP contribution in [0.25, 0.3) is 11.1 Å². The molecular formula is C39H48N2O8. The highest BCUT2D eigenvalue weighted by molar-refractivity contribution is 5.76. The third-order valence-electron chi connectivity index (χ3n) is 9.74. The van der Waals surface area contributed by atoms with Crippen molar-refractivity contribution >= 4 is 11.9 Å². The second-order valence-electron chi connectivity index (χ2n) is 13.3. The van der Waals surface area contributed by atoms with Crippen LogP contribution >= 0.6 is 0 Å². The summed E-state index contributed by atoms with van der Waals surface area (Å²) in [6.07, 6.45) is 4.28. The zero-order valence-corrected chi connectivity index (χ0v) is 28.1. The second-order valence-corrected chi connectivity index (χ2v) is 13.3. The number of unbranched alkanes of at least 4 members (excludes halogenated alkanes) is 2. The van der Waals surface area contributed by atoms with E-state index in [9.17, 15) is 14.7 Å². The zero-order valence-electron chi connectivity index (χ0n) is 28.1. The molecule has 3 heterocycles. The first kappa shape index (κ1) is 35.2. The van der Waals surface area contributed by atoms with Crippen LogP contribution in [-0.4, -0.2) is 71.7 Å². The standard InChI is InChI=1S/C39H48N2O8/c42-27-28-9-11-31(12-10-28)35-24-34(26-41-19-17-39(18-20-41)46-21-22-47-39)48-38(49-35)32-15-13-30(14-16-32)33-6-4-5-29(23-33)25-40-36(43)7-2-1-3-8-37(44)45/h4-6,9-16,23,34-35,38,42H,1-3,7-8,17-22,24-27H2,(H,40,43)(H,44,45). The van der Waals surface area contributed by atoms with Crippen molar-refractivity contribution in [3.05, 3.63) is 95.1 Å². The highest BCUT2D eigenvalue weighted by Gasteiger charge is 2.41. The predicted octanol–water partition coefficient (Wildman–Crippen LogP) is 5.88. The van der Waals surface area contributed by atoms with Crippen LogP contribution in [0.1, 0.15) is 86.0 Å². The van der Waals surface area contributed by atoms with E-state index in [1.54, 1.807) is 0 Å². The number of ether oxygens (including phenoxy) is 4. The number of nitrogens with zero attached hydrogens (tertiary/aromatic N) is 1. The maximum Gasteiger partial charge on any atom is 0.303 e. The maximum absolute atomic E-state index is 12.3. The molecule has 6 rings (SSSR count). The average Bonchev–Trinajstić information content (AvgIpc) is 3.59. The Morgan fingerprint density at radius 2 is 1.53 bits per heavy atom. The number of carbonyl (C=O) groups is 2. The van der Waals surface area contributed by atoms with Gasteiger partial charge in [0.2, 0.25) is 5.91 Å². The monoisotopic (exact) mass is 672 g/mol. The number of aliphatic carboxylic acids is 1. The summed E-state index contributed by atoms with van der Waals surface area (Å²) in [7, 11) is 0. The van der Waals surface area contributed by atoms with Crippen LogP contribution in [0.2, 0.25) is 0 Å². The molecule has 0 aliphatic carbocycles. The number of hydrogen-bond donors (Lipinski definition) is 3. The van der Waals surface area contributed by atoms with E-state index < -0.39 is 18.0 Å². The van der Waals surface area contributed by atoms with Gasteiger partial charge in [0.05, 0.1) is 32.0 Å². The number of carbonyl (C=O) groups excluding carboxylic acids is 1. The minimum Gasteiger partial charge on any atom is -0.481 e. The summed E-state index contributed by atoms with van der Waals surface area (Å²) in [4.78, 5) is 25.4. The van der Waals surface area contributed by atoms with Crippen LogP contribution in [0, 0.1) is 0 Å². The molecule has 3 unspecified atom stereocenters. The number of amides is 1. The minimum absolute atomic E-state index is 0.00547. The molecule has 3 aromatic carbocycles. The van der Waals surface area contributed by atoms with Crippen molar-refractivity contribution in [1.29, 1.82) is 0 Å². The Kier molecular flexibility index (Phi) is 12.1. The Morgan fingerprint density at radius 1 is 0.816 bits per heavy atom. The van der Waals surface area contributed by atoms with Crippen LogP contribution in [0.3, 0.4) is 0 Å². The van der Waals surface area contributed by atoms with Gasteiger partial charge in [0.15, 0.2) is 12.1 Å². The lowest BCUT2D eigenvalue weighted by molar-refractivity contribution is -0.255. The summed E-state index contributed by atoms with van der Waals surface area (Å²) >= 11 is 0. The summed E-state index contributed by atoms with van der Waals surface area (Å²) in [5, 5.41) is 21.3. The molecular weight excluding hydrogens is 624 g/mol. The average molecular weight is 673 g/mol. The predicted molar refractivity (Wildman–Crippen MR) is 183 cm³/mol. The molecule has 1 amide bonds. The van der Waals surface area contributed by atoms with Gasteiger partial charge in [-0.05, 0) is 46.7 Å². The van der Waals surface area contributed by atoms with Gasteiger partial charge in [-0.2, -0.15) is 0 Å². The second kappa shape index (κ2) is 16.8. The zero-order chi connectivity index (χ0) is 34.1. The van der Waals surface area contributed by atoms with E-state index in [-0.39, 0.29) is 31.1 Å². The first-order valence-electron chi connectivity index (χ1n) is 17.6. The molecule has 10 heteroatoms. The topological polar surface area (TPSA) is 127 Å². The van der Waals surface area contributed by atoms with Crippen molar-refractivity contribution in [2.24, 2.45) is 0 Å². The Hall–Kier alpha value is -3.64. The fourth-order valence-electron chi connectivity index (χ4n) is 6.90. The largest absolute Gasteiger partial charge is 0.481 e. The molecule has 0 saturated carbocycles. The number of piperidine rings is 1. The van der Waals surface area contributed by atoms with Gasteiger partial charge in [0, 0.05) is 63.8 Å². The number of nitrogens with one attached hydrogen (secondary N) is 1. The fourth-order valence-corrected chi connectivity index (χ4v) is 6.90. The summed E-state index contributed by atoms with van der Waals surface area (Å²) in [6.45, 7) is 4.37. The van der Waals surface area contributed by atoms with Crippen LogP contribution in [-0.2, 0) is 41.7 Å².